The maximum Gasteiger partial charge on any atom is 0.152 e. The fraction of sp³-hybridized carbons (Fsp3) is 1.00. The fourth-order valence-electron chi connectivity index (χ4n) is 1.33. The molecule has 0 aromatic heterocycles. The van der Waals surface area contributed by atoms with Gasteiger partial charge in [-0.05, 0) is 6.92 Å². The molecule has 7 heteroatoms. The van der Waals surface area contributed by atoms with Crippen molar-refractivity contribution in [3.63, 3.8) is 0 Å². The molecular weight excluding hydrogens is 214 g/mol. The highest BCUT2D eigenvalue weighted by molar-refractivity contribution is 7.24. The molecule has 78 valence electrons. The van der Waals surface area contributed by atoms with Crippen molar-refractivity contribution in [2.24, 2.45) is 0 Å². The van der Waals surface area contributed by atoms with Crippen LogP contribution in [-0.2, 0) is 13.8 Å². The van der Waals surface area contributed by atoms with Crippen molar-refractivity contribution in [2.45, 2.75) is 24.7 Å². The molecule has 1 fully saturated rings. The smallest absolute Gasteiger partial charge is 0.152 e. The third kappa shape index (κ3) is 2.80. The van der Waals surface area contributed by atoms with Gasteiger partial charge in [0.2, 0.25) is 0 Å². The van der Waals surface area contributed by atoms with Gasteiger partial charge in [-0.3, -0.25) is 0 Å². The van der Waals surface area contributed by atoms with Crippen molar-refractivity contribution < 1.29 is 23.8 Å². The monoisotopic (exact) mass is 228 g/mol. The Balaban J connectivity index is 2.48. The number of ether oxygens (including phenoxy) is 1. The maximum atomic E-state index is 9.74. The van der Waals surface area contributed by atoms with Gasteiger partial charge in [-0.1, -0.05) is 0 Å². The molecule has 5 atom stereocenters. The molecule has 1 heterocycles. The van der Waals surface area contributed by atoms with Crippen LogP contribution < -0.4 is 0 Å². The Morgan fingerprint density at radius 1 is 1.77 bits per heavy atom. The van der Waals surface area contributed by atoms with Gasteiger partial charge in [-0.25, -0.2) is 0 Å². The van der Waals surface area contributed by atoms with Crippen molar-refractivity contribution >= 4 is 18.5 Å². The summed E-state index contributed by atoms with van der Waals surface area (Å²) in [4.78, 5) is 8.46. The molecule has 0 bridgehead atoms. The van der Waals surface area contributed by atoms with Gasteiger partial charge in [0, 0.05) is 9.47 Å². The van der Waals surface area contributed by atoms with Crippen molar-refractivity contribution in [1.29, 1.82) is 0 Å². The minimum absolute atomic E-state index is 0.217. The molecule has 0 saturated carbocycles. The highest BCUT2D eigenvalue weighted by Crippen LogP contribution is 2.29. The predicted octanol–water partition coefficient (Wildman–Crippen LogP) is -0.171. The van der Waals surface area contributed by atoms with Gasteiger partial charge in [-0.2, -0.15) is 0 Å². The lowest BCUT2D eigenvalue weighted by atomic mass is 10.00. The molecule has 1 aliphatic heterocycles. The van der Waals surface area contributed by atoms with Crippen LogP contribution in [0.1, 0.15) is 6.92 Å². The normalized spacial score (nSPS) is 40.6. The third-order valence-electron chi connectivity index (χ3n) is 2.00. The highest BCUT2D eigenvalue weighted by atomic mass is 31.1. The fourth-order valence-corrected chi connectivity index (χ4v) is 2.04. The van der Waals surface area contributed by atoms with E-state index < -0.39 is 20.7 Å². The van der Waals surface area contributed by atoms with E-state index in [0.717, 1.165) is 0 Å². The second-order valence-corrected chi connectivity index (χ2v) is 3.91. The second kappa shape index (κ2) is 4.94. The minimum atomic E-state index is -0.992. The Morgan fingerprint density at radius 3 is 3.00 bits per heavy atom. The molecule has 13 heavy (non-hydrogen) atoms. The third-order valence-corrected chi connectivity index (χ3v) is 2.59. The van der Waals surface area contributed by atoms with Crippen LogP contribution in [-0.4, -0.2) is 41.0 Å². The largest absolute Gasteiger partial charge is 0.385 e. The average molecular weight is 228 g/mol. The number of hydrogen-bond donors (Lipinski definition) is 2. The summed E-state index contributed by atoms with van der Waals surface area (Å²) >= 11 is 0. The molecule has 3 unspecified atom stereocenters. The summed E-state index contributed by atoms with van der Waals surface area (Å²) in [6, 6.07) is 0. The maximum absolute atomic E-state index is 9.74. The molecule has 0 amide bonds. The molecular formula is C6H14O5P2. The average Bonchev–Trinajstić information content (AvgIpc) is 2.37. The van der Waals surface area contributed by atoms with Gasteiger partial charge in [0.25, 0.3) is 0 Å². The molecule has 2 N–H and O–H groups in total. The Kier molecular flexibility index (Phi) is 4.46. The lowest BCUT2D eigenvalue weighted by molar-refractivity contribution is -0.0176. The van der Waals surface area contributed by atoms with Crippen molar-refractivity contribution in [3.05, 3.63) is 0 Å². The van der Waals surface area contributed by atoms with Gasteiger partial charge in [0.15, 0.2) is 9.03 Å². The quantitative estimate of drug-likeness (QED) is 0.654. The van der Waals surface area contributed by atoms with Crippen LogP contribution in [0.5, 0.6) is 0 Å². The SMILES string of the molecule is C[C@@]1(O)CO[C@H](COPO)C1OP. The summed E-state index contributed by atoms with van der Waals surface area (Å²) in [5.74, 6) is 0. The van der Waals surface area contributed by atoms with E-state index in [1.54, 1.807) is 6.92 Å². The number of rotatable bonds is 4. The van der Waals surface area contributed by atoms with E-state index in [4.69, 9.17) is 18.7 Å². The van der Waals surface area contributed by atoms with Gasteiger partial charge >= 0.3 is 0 Å². The second-order valence-electron chi connectivity index (χ2n) is 3.17. The molecule has 0 aromatic carbocycles. The molecule has 1 rings (SSSR count). The van der Waals surface area contributed by atoms with Crippen LogP contribution in [0.4, 0.5) is 0 Å². The van der Waals surface area contributed by atoms with E-state index in [0.29, 0.717) is 0 Å². The van der Waals surface area contributed by atoms with Gasteiger partial charge in [0.1, 0.15) is 17.8 Å². The van der Waals surface area contributed by atoms with Gasteiger partial charge in [0.05, 0.1) is 13.2 Å². The molecule has 1 saturated heterocycles. The van der Waals surface area contributed by atoms with Crippen LogP contribution in [0.25, 0.3) is 0 Å². The van der Waals surface area contributed by atoms with Crippen LogP contribution in [0, 0.1) is 0 Å². The first-order valence-electron chi connectivity index (χ1n) is 3.82. The van der Waals surface area contributed by atoms with E-state index in [1.807, 2.05) is 0 Å². The Labute approximate surface area is 81.0 Å². The number of aliphatic hydroxyl groups is 1. The summed E-state index contributed by atoms with van der Waals surface area (Å²) in [5, 5.41) is 9.74. The van der Waals surface area contributed by atoms with E-state index in [9.17, 15) is 5.11 Å². The summed E-state index contributed by atoms with van der Waals surface area (Å²) < 4.78 is 15.1. The van der Waals surface area contributed by atoms with Gasteiger partial charge < -0.3 is 23.8 Å². The first-order valence-corrected chi connectivity index (χ1v) is 5.15. The van der Waals surface area contributed by atoms with E-state index in [2.05, 4.69) is 9.47 Å². The summed E-state index contributed by atoms with van der Waals surface area (Å²) in [6.45, 7) is 2.09. The van der Waals surface area contributed by atoms with Crippen molar-refractivity contribution in [1.82, 2.24) is 0 Å². The summed E-state index contributed by atoms with van der Waals surface area (Å²) in [6.07, 6.45) is -0.763. The van der Waals surface area contributed by atoms with E-state index >= 15 is 0 Å². The molecule has 0 radical (unpaired) electrons. The highest BCUT2D eigenvalue weighted by Gasteiger charge is 2.45. The van der Waals surface area contributed by atoms with Crippen LogP contribution in [0.2, 0.25) is 0 Å². The molecule has 5 nitrogen and oxygen atoms in total. The lowest BCUT2D eigenvalue weighted by Crippen LogP contribution is -2.42. The zero-order valence-electron chi connectivity index (χ0n) is 7.27. The number of hydrogen-bond acceptors (Lipinski definition) is 5. The van der Waals surface area contributed by atoms with Crippen LogP contribution in [0.15, 0.2) is 0 Å². The standard InChI is InChI=1S/C6H14O5P2/c1-6(7)3-9-4(2-10-13-8)5(6)11-12/h4-5,7-8,13H,2-3,12H2,1H3/t4-,5?,6-/m1/s1. The zero-order chi connectivity index (χ0) is 9.90. The summed E-state index contributed by atoms with van der Waals surface area (Å²) in [5.41, 5.74) is -0.992. The topological polar surface area (TPSA) is 68.2 Å². The first-order chi connectivity index (χ1) is 6.11. The molecule has 0 aliphatic carbocycles. The molecule has 1 aliphatic rings. The Bertz CT molecular complexity index is 165. The zero-order valence-corrected chi connectivity index (χ0v) is 9.42. The molecule has 0 spiro atoms. The molecule has 0 aromatic rings. The Morgan fingerprint density at radius 2 is 2.46 bits per heavy atom. The Hall–Kier alpha value is 0.660. The van der Waals surface area contributed by atoms with Crippen molar-refractivity contribution in [3.8, 4) is 0 Å². The van der Waals surface area contributed by atoms with Crippen molar-refractivity contribution in [2.75, 3.05) is 13.2 Å². The van der Waals surface area contributed by atoms with E-state index in [1.165, 1.54) is 0 Å². The van der Waals surface area contributed by atoms with Crippen LogP contribution in [0.3, 0.4) is 0 Å². The minimum Gasteiger partial charge on any atom is -0.385 e. The first kappa shape index (κ1) is 11.7. The predicted molar refractivity (Wildman–Crippen MR) is 51.4 cm³/mol. The summed E-state index contributed by atoms with van der Waals surface area (Å²) in [7, 11) is 1.53. The van der Waals surface area contributed by atoms with Gasteiger partial charge in [-0.15, -0.1) is 0 Å². The lowest BCUT2D eigenvalue weighted by Gasteiger charge is -2.24. The van der Waals surface area contributed by atoms with E-state index in [-0.39, 0.29) is 19.3 Å². The van der Waals surface area contributed by atoms with Crippen LogP contribution >= 0.6 is 18.5 Å².